The largest absolute Gasteiger partial charge is 0.379 e. The van der Waals surface area contributed by atoms with E-state index in [1.165, 1.54) is 18.2 Å². The molecule has 0 aromatic heterocycles. The highest BCUT2D eigenvalue weighted by Crippen LogP contribution is 2.22. The van der Waals surface area contributed by atoms with Gasteiger partial charge in [-0.15, -0.1) is 0 Å². The molecular weight excluding hydrogens is 277 g/mol. The zero-order valence-electron chi connectivity index (χ0n) is 10.1. The molecule has 0 saturated carbocycles. The molecule has 0 spiro atoms. The number of rotatable bonds is 4. The molecule has 0 heterocycles. The molecule has 0 aliphatic rings. The number of halogens is 5. The lowest BCUT2D eigenvalue weighted by molar-refractivity contribution is 0.151. The molecule has 20 heavy (non-hydrogen) atoms. The summed E-state index contributed by atoms with van der Waals surface area (Å²) in [7, 11) is 0. The fourth-order valence-corrected chi connectivity index (χ4v) is 1.69. The van der Waals surface area contributed by atoms with Gasteiger partial charge in [0.2, 0.25) is 0 Å². The first-order valence-electron chi connectivity index (χ1n) is 5.73. The Balaban J connectivity index is 2.13. The average Bonchev–Trinajstić information content (AvgIpc) is 2.41. The van der Waals surface area contributed by atoms with Crippen LogP contribution in [0.3, 0.4) is 0 Å². The first-order chi connectivity index (χ1) is 9.47. The second-order valence-electron chi connectivity index (χ2n) is 4.15. The molecule has 0 saturated heterocycles. The first kappa shape index (κ1) is 14.3. The second-order valence-corrected chi connectivity index (χ2v) is 4.15. The number of hydrogen-bond donors (Lipinski definition) is 1. The Bertz CT molecular complexity index is 613. The smallest absolute Gasteiger partial charge is 0.263 e. The average molecular weight is 287 g/mol. The van der Waals surface area contributed by atoms with Gasteiger partial charge < -0.3 is 5.32 Å². The van der Waals surface area contributed by atoms with Crippen LogP contribution in [0.1, 0.15) is 17.6 Å². The highest BCUT2D eigenvalue weighted by atomic mass is 19.3. The zero-order chi connectivity index (χ0) is 14.7. The van der Waals surface area contributed by atoms with E-state index in [1.807, 2.05) is 0 Å². The zero-order valence-corrected chi connectivity index (χ0v) is 10.1. The lowest BCUT2D eigenvalue weighted by atomic mass is 10.1. The summed E-state index contributed by atoms with van der Waals surface area (Å²) in [4.78, 5) is 0. The van der Waals surface area contributed by atoms with Crippen LogP contribution in [0.5, 0.6) is 0 Å². The van der Waals surface area contributed by atoms with Crippen LogP contribution in [0.2, 0.25) is 0 Å². The predicted octanol–water partition coefficient (Wildman–Crippen LogP) is 4.65. The summed E-state index contributed by atoms with van der Waals surface area (Å²) in [6.07, 6.45) is -2.60. The third-order valence-corrected chi connectivity index (χ3v) is 2.70. The highest BCUT2D eigenvalue weighted by molar-refractivity contribution is 5.46. The molecule has 0 bridgehead atoms. The number of hydrogen-bond acceptors (Lipinski definition) is 1. The first-order valence-corrected chi connectivity index (χ1v) is 5.73. The maximum absolute atomic E-state index is 13.4. The van der Waals surface area contributed by atoms with Crippen molar-refractivity contribution in [2.24, 2.45) is 0 Å². The predicted molar refractivity (Wildman–Crippen MR) is 65.0 cm³/mol. The van der Waals surface area contributed by atoms with Gasteiger partial charge >= 0.3 is 0 Å². The summed E-state index contributed by atoms with van der Waals surface area (Å²) in [6.45, 7) is 0.0164. The van der Waals surface area contributed by atoms with Crippen molar-refractivity contribution in [3.05, 3.63) is 65.0 Å². The van der Waals surface area contributed by atoms with Crippen LogP contribution in [0.15, 0.2) is 36.4 Å². The van der Waals surface area contributed by atoms with Crippen molar-refractivity contribution < 1.29 is 22.0 Å². The molecule has 0 aliphatic heterocycles. The number of anilines is 1. The van der Waals surface area contributed by atoms with E-state index in [-0.39, 0.29) is 17.8 Å². The fraction of sp³-hybridized carbons (Fsp3) is 0.143. The van der Waals surface area contributed by atoms with Crippen molar-refractivity contribution in [2.75, 3.05) is 5.32 Å². The Kier molecular flexibility index (Phi) is 4.22. The van der Waals surface area contributed by atoms with Crippen LogP contribution in [0.25, 0.3) is 0 Å². The maximum Gasteiger partial charge on any atom is 0.263 e. The van der Waals surface area contributed by atoms with Crippen LogP contribution in [0.4, 0.5) is 27.6 Å². The van der Waals surface area contributed by atoms with E-state index in [2.05, 4.69) is 5.32 Å². The minimum atomic E-state index is -2.60. The summed E-state index contributed by atoms with van der Waals surface area (Å²) < 4.78 is 64.1. The summed E-state index contributed by atoms with van der Waals surface area (Å²) in [5, 5.41) is 2.54. The summed E-state index contributed by atoms with van der Waals surface area (Å²) in [5.74, 6) is -3.42. The van der Waals surface area contributed by atoms with Gasteiger partial charge in [0.25, 0.3) is 6.43 Å². The Morgan fingerprint density at radius 2 is 1.60 bits per heavy atom. The van der Waals surface area contributed by atoms with E-state index in [1.54, 1.807) is 6.07 Å². The molecule has 0 radical (unpaired) electrons. The third-order valence-electron chi connectivity index (χ3n) is 2.70. The molecular formula is C14H10F5N. The third kappa shape index (κ3) is 3.26. The Morgan fingerprint density at radius 3 is 2.30 bits per heavy atom. The van der Waals surface area contributed by atoms with Gasteiger partial charge in [0.15, 0.2) is 11.6 Å². The van der Waals surface area contributed by atoms with E-state index >= 15 is 0 Å². The fourth-order valence-electron chi connectivity index (χ4n) is 1.69. The van der Waals surface area contributed by atoms with Crippen molar-refractivity contribution in [3.63, 3.8) is 0 Å². The standard InChI is InChI=1S/C14H10F5N/c15-10-5-12(17)13(6-11(10)16)20-7-8-2-1-3-9(4-8)14(18)19/h1-6,14,20H,7H2. The molecule has 0 unspecified atom stereocenters. The molecule has 0 amide bonds. The molecule has 0 fully saturated rings. The van der Waals surface area contributed by atoms with Crippen LogP contribution in [-0.2, 0) is 6.54 Å². The molecule has 0 aliphatic carbocycles. The monoisotopic (exact) mass is 287 g/mol. The maximum atomic E-state index is 13.4. The SMILES string of the molecule is Fc1cc(F)c(NCc2cccc(C(F)F)c2)cc1F. The van der Waals surface area contributed by atoms with E-state index in [4.69, 9.17) is 0 Å². The second kappa shape index (κ2) is 5.90. The molecule has 0 atom stereocenters. The van der Waals surface area contributed by atoms with Crippen molar-refractivity contribution in [1.82, 2.24) is 0 Å². The number of benzene rings is 2. The lowest BCUT2D eigenvalue weighted by Gasteiger charge is -2.09. The van der Waals surface area contributed by atoms with Gasteiger partial charge in [0, 0.05) is 24.2 Å². The van der Waals surface area contributed by atoms with Gasteiger partial charge in [-0.2, -0.15) is 0 Å². The quantitative estimate of drug-likeness (QED) is 0.637. The summed E-state index contributed by atoms with van der Waals surface area (Å²) in [5.41, 5.74) is 0.0911. The van der Waals surface area contributed by atoms with Crippen LogP contribution < -0.4 is 5.32 Å². The van der Waals surface area contributed by atoms with E-state index in [9.17, 15) is 22.0 Å². The van der Waals surface area contributed by atoms with Gasteiger partial charge in [0.1, 0.15) is 5.82 Å². The van der Waals surface area contributed by atoms with Gasteiger partial charge in [-0.25, -0.2) is 22.0 Å². The minimum Gasteiger partial charge on any atom is -0.379 e. The van der Waals surface area contributed by atoms with E-state index in [0.29, 0.717) is 17.7 Å². The van der Waals surface area contributed by atoms with E-state index < -0.39 is 23.9 Å². The molecule has 2 aromatic rings. The van der Waals surface area contributed by atoms with E-state index in [0.717, 1.165) is 0 Å². The Labute approximate surface area is 112 Å². The molecule has 6 heteroatoms. The Morgan fingerprint density at radius 1 is 0.900 bits per heavy atom. The minimum absolute atomic E-state index is 0.0164. The normalized spacial score (nSPS) is 10.9. The molecule has 1 nitrogen and oxygen atoms in total. The topological polar surface area (TPSA) is 12.0 Å². The van der Waals surface area contributed by atoms with Gasteiger partial charge in [-0.3, -0.25) is 0 Å². The van der Waals surface area contributed by atoms with Crippen LogP contribution >= 0.6 is 0 Å². The van der Waals surface area contributed by atoms with Crippen molar-refractivity contribution >= 4 is 5.69 Å². The van der Waals surface area contributed by atoms with Crippen molar-refractivity contribution in [2.45, 2.75) is 13.0 Å². The van der Waals surface area contributed by atoms with Crippen molar-refractivity contribution in [3.8, 4) is 0 Å². The Hall–Kier alpha value is -2.11. The molecule has 1 N–H and O–H groups in total. The van der Waals surface area contributed by atoms with Crippen LogP contribution in [0, 0.1) is 17.5 Å². The molecule has 2 aromatic carbocycles. The highest BCUT2D eigenvalue weighted by Gasteiger charge is 2.10. The van der Waals surface area contributed by atoms with Gasteiger partial charge in [0.05, 0.1) is 5.69 Å². The molecule has 106 valence electrons. The van der Waals surface area contributed by atoms with Crippen molar-refractivity contribution in [1.29, 1.82) is 0 Å². The molecule has 2 rings (SSSR count). The number of alkyl halides is 2. The summed E-state index contributed by atoms with van der Waals surface area (Å²) >= 11 is 0. The van der Waals surface area contributed by atoms with Gasteiger partial charge in [-0.05, 0) is 11.6 Å². The number of nitrogens with one attached hydrogen (secondary N) is 1. The van der Waals surface area contributed by atoms with Crippen LogP contribution in [-0.4, -0.2) is 0 Å². The van der Waals surface area contributed by atoms with Gasteiger partial charge in [-0.1, -0.05) is 18.2 Å². The lowest BCUT2D eigenvalue weighted by Crippen LogP contribution is -2.03. The summed E-state index contributed by atoms with van der Waals surface area (Å²) in [6, 6.07) is 6.65.